The maximum Gasteiger partial charge on any atom is 1.00 e. The second-order valence-corrected chi connectivity index (χ2v) is 8.44. The Morgan fingerprint density at radius 1 is 0.897 bits per heavy atom. The fraction of sp³-hybridized carbons (Fsp3) is 0.455. The molecule has 0 aliphatic heterocycles. The average Bonchev–Trinajstić information content (AvgIpc) is 2.64. The summed E-state index contributed by atoms with van der Waals surface area (Å²) in [6, 6.07) is 10.5. The van der Waals surface area contributed by atoms with E-state index in [0.717, 1.165) is 19.3 Å². The minimum Gasteiger partial charge on any atom is -0.872 e. The van der Waals surface area contributed by atoms with Crippen LogP contribution in [0, 0.1) is 0 Å². The smallest absolute Gasteiger partial charge is 0.872 e. The van der Waals surface area contributed by atoms with Crippen LogP contribution in [-0.2, 0) is 16.5 Å². The van der Waals surface area contributed by atoms with Gasteiger partial charge in [0.05, 0.1) is 0 Å². The number of ether oxygens (including phenoxy) is 1. The van der Waals surface area contributed by atoms with Gasteiger partial charge in [0.25, 0.3) is 10.1 Å². The molecule has 5 nitrogen and oxygen atoms in total. The zero-order chi connectivity index (χ0) is 20.4. The van der Waals surface area contributed by atoms with Gasteiger partial charge in [0.1, 0.15) is 16.4 Å². The van der Waals surface area contributed by atoms with E-state index in [4.69, 9.17) is 4.74 Å². The molecule has 0 atom stereocenters. The van der Waals surface area contributed by atoms with Crippen LogP contribution in [0.25, 0.3) is 0 Å². The number of hydrogen-bond acceptors (Lipinski definition) is 4. The van der Waals surface area contributed by atoms with E-state index in [1.807, 2.05) is 0 Å². The molecule has 2 aromatic carbocycles. The quantitative estimate of drug-likeness (QED) is 0.319. The van der Waals surface area contributed by atoms with Crippen LogP contribution in [0.2, 0.25) is 0 Å². The van der Waals surface area contributed by atoms with Crippen LogP contribution < -0.4 is 39.4 Å². The number of unbranched alkanes of at least 4 members (excludes halogenated alkanes) is 7. The van der Waals surface area contributed by atoms with Gasteiger partial charge >= 0.3 is 29.6 Å². The number of benzene rings is 2. The first-order chi connectivity index (χ1) is 13.4. The Labute approximate surface area is 196 Å². The van der Waals surface area contributed by atoms with Gasteiger partial charge in [0.15, 0.2) is 0 Å². The van der Waals surface area contributed by atoms with Gasteiger partial charge in [-0.15, -0.1) is 5.75 Å². The van der Waals surface area contributed by atoms with E-state index in [9.17, 15) is 18.1 Å². The van der Waals surface area contributed by atoms with Crippen molar-refractivity contribution in [1.29, 1.82) is 0 Å². The molecule has 0 spiro atoms. The predicted octanol–water partition coefficient (Wildman–Crippen LogP) is 2.49. The van der Waals surface area contributed by atoms with Crippen LogP contribution in [0.4, 0.5) is 0 Å². The van der Waals surface area contributed by atoms with E-state index in [1.165, 1.54) is 50.3 Å². The Kier molecular flexibility index (Phi) is 11.9. The molecule has 0 bridgehead atoms. The van der Waals surface area contributed by atoms with E-state index in [0.29, 0.717) is 17.7 Å². The molecule has 1 N–H and O–H groups in total. The minimum atomic E-state index is -4.36. The standard InChI is InChI=1S/C22H30O5S.Na/c1-2-3-4-5-6-7-8-9-11-18-14-15-21(17-22(18)28(24,25)26)27-20-13-10-12-19(23)16-20;/h10,12-17,23H,2-9,11H2,1H3,(H,24,25,26);/q;+1/p-1. The molecule has 2 aromatic rings. The van der Waals surface area contributed by atoms with E-state index >= 15 is 0 Å². The van der Waals surface area contributed by atoms with Crippen molar-refractivity contribution >= 4 is 10.1 Å². The summed E-state index contributed by atoms with van der Waals surface area (Å²) < 4.78 is 38.8. The van der Waals surface area contributed by atoms with Crippen molar-refractivity contribution in [1.82, 2.24) is 0 Å². The van der Waals surface area contributed by atoms with Gasteiger partial charge in [-0.3, -0.25) is 4.55 Å². The molecule has 0 radical (unpaired) electrons. The third-order valence-electron chi connectivity index (χ3n) is 4.66. The fourth-order valence-electron chi connectivity index (χ4n) is 3.17. The molecule has 0 aliphatic carbocycles. The molecule has 0 unspecified atom stereocenters. The van der Waals surface area contributed by atoms with Crippen molar-refractivity contribution in [3.63, 3.8) is 0 Å². The largest absolute Gasteiger partial charge is 1.00 e. The van der Waals surface area contributed by atoms with Gasteiger partial charge in [-0.05, 0) is 36.6 Å². The van der Waals surface area contributed by atoms with Crippen molar-refractivity contribution < 1.29 is 52.4 Å². The van der Waals surface area contributed by atoms with Crippen LogP contribution in [0.3, 0.4) is 0 Å². The van der Waals surface area contributed by atoms with E-state index in [1.54, 1.807) is 24.3 Å². The maximum atomic E-state index is 11.8. The third-order valence-corrected chi connectivity index (χ3v) is 5.59. The first-order valence-corrected chi connectivity index (χ1v) is 11.4. The number of rotatable bonds is 12. The Hall–Kier alpha value is -1.05. The molecular formula is C22H29NaO5S. The summed E-state index contributed by atoms with van der Waals surface area (Å²) in [7, 11) is -4.36. The number of hydrogen-bond donors (Lipinski definition) is 1. The summed E-state index contributed by atoms with van der Waals surface area (Å²) >= 11 is 0. The van der Waals surface area contributed by atoms with Crippen molar-refractivity contribution in [3.8, 4) is 17.2 Å². The molecule has 0 aliphatic rings. The zero-order valence-corrected chi connectivity index (χ0v) is 20.2. The SMILES string of the molecule is CCCCCCCCCCc1ccc(Oc2cccc([O-])c2)cc1S(=O)(=O)O.[Na+]. The van der Waals surface area contributed by atoms with Gasteiger partial charge in [0.2, 0.25) is 0 Å². The van der Waals surface area contributed by atoms with Gasteiger partial charge in [0, 0.05) is 6.07 Å². The Morgan fingerprint density at radius 2 is 1.52 bits per heavy atom. The van der Waals surface area contributed by atoms with Gasteiger partial charge < -0.3 is 9.84 Å². The molecule has 7 heteroatoms. The van der Waals surface area contributed by atoms with Gasteiger partial charge in [-0.1, -0.05) is 70.1 Å². The Morgan fingerprint density at radius 3 is 2.14 bits per heavy atom. The molecule has 0 saturated carbocycles. The minimum absolute atomic E-state index is 0. The summed E-state index contributed by atoms with van der Waals surface area (Å²) in [5.74, 6) is 0.390. The zero-order valence-electron chi connectivity index (χ0n) is 17.4. The monoisotopic (exact) mass is 428 g/mol. The van der Waals surface area contributed by atoms with E-state index in [-0.39, 0.29) is 46.0 Å². The topological polar surface area (TPSA) is 86.7 Å². The third kappa shape index (κ3) is 9.53. The van der Waals surface area contributed by atoms with E-state index in [2.05, 4.69) is 6.92 Å². The second kappa shape index (κ2) is 13.3. The van der Waals surface area contributed by atoms with E-state index < -0.39 is 10.1 Å². The molecule has 29 heavy (non-hydrogen) atoms. The van der Waals surface area contributed by atoms with Crippen molar-refractivity contribution in [3.05, 3.63) is 48.0 Å². The van der Waals surface area contributed by atoms with Crippen molar-refractivity contribution in [2.24, 2.45) is 0 Å². The Bertz CT molecular complexity index is 852. The molecular weight excluding hydrogens is 399 g/mol. The normalized spacial score (nSPS) is 11.1. The molecule has 0 fully saturated rings. The van der Waals surface area contributed by atoms with Crippen LogP contribution in [0.15, 0.2) is 47.4 Å². The molecule has 0 saturated heterocycles. The first-order valence-electron chi connectivity index (χ1n) is 9.95. The summed E-state index contributed by atoms with van der Waals surface area (Å²) in [5.41, 5.74) is 0.582. The second-order valence-electron chi connectivity index (χ2n) is 7.05. The maximum absolute atomic E-state index is 11.8. The van der Waals surface area contributed by atoms with Gasteiger partial charge in [-0.25, -0.2) is 0 Å². The molecule has 154 valence electrons. The van der Waals surface area contributed by atoms with Crippen LogP contribution >= 0.6 is 0 Å². The summed E-state index contributed by atoms with van der Waals surface area (Å²) in [6.07, 6.45) is 9.88. The predicted molar refractivity (Wildman–Crippen MR) is 109 cm³/mol. The summed E-state index contributed by atoms with van der Waals surface area (Å²) in [5, 5.41) is 11.4. The summed E-state index contributed by atoms with van der Waals surface area (Å²) in [4.78, 5) is -0.133. The summed E-state index contributed by atoms with van der Waals surface area (Å²) in [6.45, 7) is 2.20. The van der Waals surface area contributed by atoms with Crippen molar-refractivity contribution in [2.75, 3.05) is 0 Å². The molecule has 0 heterocycles. The van der Waals surface area contributed by atoms with Crippen LogP contribution in [0.5, 0.6) is 17.2 Å². The first kappa shape index (κ1) is 26.0. The van der Waals surface area contributed by atoms with Crippen LogP contribution in [-0.4, -0.2) is 13.0 Å². The Balaban J connectivity index is 0.00000420. The molecule has 0 aromatic heterocycles. The van der Waals surface area contributed by atoms with Gasteiger partial charge in [-0.2, -0.15) is 8.42 Å². The number of aryl methyl sites for hydroxylation is 1. The molecule has 0 amide bonds. The van der Waals surface area contributed by atoms with Crippen molar-refractivity contribution in [2.45, 2.75) is 69.6 Å². The van der Waals surface area contributed by atoms with Crippen LogP contribution in [0.1, 0.15) is 63.9 Å². The fourth-order valence-corrected chi connectivity index (χ4v) is 3.93. The average molecular weight is 429 g/mol. The molecule has 2 rings (SSSR count).